The van der Waals surface area contributed by atoms with Crippen molar-refractivity contribution in [2.24, 2.45) is 0 Å². The van der Waals surface area contributed by atoms with E-state index in [0.717, 1.165) is 23.6 Å². The third kappa shape index (κ3) is 6.70. The number of unbranched alkanes of at least 4 members (excludes halogenated alkanes) is 2. The molecule has 1 rings (SSSR count). The summed E-state index contributed by atoms with van der Waals surface area (Å²) in [6, 6.07) is 9.06. The Labute approximate surface area is 126 Å². The molecule has 0 bridgehead atoms. The summed E-state index contributed by atoms with van der Waals surface area (Å²) in [7, 11) is -0.352. The van der Waals surface area contributed by atoms with E-state index in [2.05, 4.69) is 10.0 Å². The lowest BCUT2D eigenvalue weighted by Gasteiger charge is -2.12. The highest BCUT2D eigenvalue weighted by Crippen LogP contribution is 1.99. The average Bonchev–Trinajstić information content (AvgIpc) is 2.46. The van der Waals surface area contributed by atoms with Crippen LogP contribution < -0.4 is 10.0 Å². The van der Waals surface area contributed by atoms with Gasteiger partial charge in [-0.2, -0.15) is 12.7 Å². The zero-order valence-corrected chi connectivity index (χ0v) is 13.3. The number of hydrogen-bond donors (Lipinski definition) is 2. The molecule has 0 aliphatic carbocycles. The Balaban J connectivity index is 2.09. The minimum Gasteiger partial charge on any atom is -0.352 e. The van der Waals surface area contributed by atoms with Gasteiger partial charge in [0.15, 0.2) is 0 Å². The molecule has 21 heavy (non-hydrogen) atoms. The molecule has 0 spiro atoms. The van der Waals surface area contributed by atoms with Crippen LogP contribution in [0.5, 0.6) is 0 Å². The summed E-state index contributed by atoms with van der Waals surface area (Å²) in [5.41, 5.74) is 0.649. The second kappa shape index (κ2) is 8.76. The third-order valence-electron chi connectivity index (χ3n) is 2.94. The van der Waals surface area contributed by atoms with Gasteiger partial charge in [0.1, 0.15) is 0 Å². The number of carbonyl (C=O) groups is 1. The fourth-order valence-electron chi connectivity index (χ4n) is 1.65. The Morgan fingerprint density at radius 3 is 2.29 bits per heavy atom. The second-order valence-corrected chi connectivity index (χ2v) is 6.83. The summed E-state index contributed by atoms with van der Waals surface area (Å²) >= 11 is 0. The summed E-state index contributed by atoms with van der Waals surface area (Å²) in [6.45, 7) is 1.00. The van der Waals surface area contributed by atoms with E-state index in [4.69, 9.17) is 0 Å². The van der Waals surface area contributed by atoms with Gasteiger partial charge in [-0.25, -0.2) is 4.72 Å². The number of benzene rings is 1. The van der Waals surface area contributed by atoms with Gasteiger partial charge in [0, 0.05) is 32.7 Å². The molecule has 0 aromatic heterocycles. The van der Waals surface area contributed by atoms with Crippen molar-refractivity contribution in [1.29, 1.82) is 0 Å². The second-order valence-electron chi connectivity index (χ2n) is 4.86. The normalized spacial score (nSPS) is 11.6. The first-order chi connectivity index (χ1) is 9.93. The quantitative estimate of drug-likeness (QED) is 0.667. The number of nitrogens with zero attached hydrogens (tertiary/aromatic N) is 1. The zero-order chi connectivity index (χ0) is 15.7. The van der Waals surface area contributed by atoms with Crippen molar-refractivity contribution in [3.63, 3.8) is 0 Å². The lowest BCUT2D eigenvalue weighted by atomic mass is 10.2. The molecule has 118 valence electrons. The van der Waals surface area contributed by atoms with E-state index in [9.17, 15) is 13.2 Å². The van der Waals surface area contributed by atoms with Crippen LogP contribution in [-0.4, -0.2) is 45.8 Å². The van der Waals surface area contributed by atoms with E-state index < -0.39 is 10.2 Å². The molecular formula is C14H23N3O3S. The monoisotopic (exact) mass is 313 g/mol. The summed E-state index contributed by atoms with van der Waals surface area (Å²) in [5.74, 6) is -0.0797. The number of rotatable bonds is 9. The van der Waals surface area contributed by atoms with Gasteiger partial charge in [0.2, 0.25) is 0 Å². The van der Waals surface area contributed by atoms with Crippen molar-refractivity contribution >= 4 is 16.1 Å². The van der Waals surface area contributed by atoms with Crippen LogP contribution in [0, 0.1) is 0 Å². The molecule has 1 amide bonds. The van der Waals surface area contributed by atoms with E-state index in [-0.39, 0.29) is 5.91 Å². The first-order valence-electron chi connectivity index (χ1n) is 6.94. The number of nitrogens with one attached hydrogen (secondary N) is 2. The third-order valence-corrected chi connectivity index (χ3v) is 4.47. The first-order valence-corrected chi connectivity index (χ1v) is 8.38. The van der Waals surface area contributed by atoms with Gasteiger partial charge in [0.25, 0.3) is 16.1 Å². The molecule has 0 saturated heterocycles. The summed E-state index contributed by atoms with van der Waals surface area (Å²) in [4.78, 5) is 11.7. The van der Waals surface area contributed by atoms with Crippen LogP contribution in [0.25, 0.3) is 0 Å². The maximum absolute atomic E-state index is 11.7. The Morgan fingerprint density at radius 2 is 1.67 bits per heavy atom. The first kappa shape index (κ1) is 17.6. The van der Waals surface area contributed by atoms with Gasteiger partial charge >= 0.3 is 0 Å². The van der Waals surface area contributed by atoms with Crippen LogP contribution in [0.2, 0.25) is 0 Å². The fourth-order valence-corrected chi connectivity index (χ4v) is 2.31. The lowest BCUT2D eigenvalue weighted by Crippen LogP contribution is -2.36. The van der Waals surface area contributed by atoms with E-state index in [0.29, 0.717) is 18.7 Å². The average molecular weight is 313 g/mol. The highest BCUT2D eigenvalue weighted by Gasteiger charge is 2.11. The molecule has 0 atom stereocenters. The number of carbonyl (C=O) groups excluding carboxylic acids is 1. The molecule has 0 saturated carbocycles. The van der Waals surface area contributed by atoms with Gasteiger partial charge in [-0.3, -0.25) is 4.79 Å². The Kier molecular flexibility index (Phi) is 7.35. The van der Waals surface area contributed by atoms with Crippen LogP contribution >= 0.6 is 0 Å². The van der Waals surface area contributed by atoms with E-state index in [1.54, 1.807) is 12.1 Å². The van der Waals surface area contributed by atoms with Crippen LogP contribution in [0.4, 0.5) is 0 Å². The molecule has 1 aromatic carbocycles. The lowest BCUT2D eigenvalue weighted by molar-refractivity contribution is 0.0953. The van der Waals surface area contributed by atoms with E-state index >= 15 is 0 Å². The van der Waals surface area contributed by atoms with Crippen LogP contribution in [-0.2, 0) is 10.2 Å². The highest BCUT2D eigenvalue weighted by molar-refractivity contribution is 7.87. The van der Waals surface area contributed by atoms with Crippen molar-refractivity contribution < 1.29 is 13.2 Å². The molecule has 0 unspecified atom stereocenters. The van der Waals surface area contributed by atoms with Gasteiger partial charge in [-0.05, 0) is 25.0 Å². The predicted octanol–water partition coefficient (Wildman–Crippen LogP) is 0.983. The molecule has 0 aliphatic heterocycles. The topological polar surface area (TPSA) is 78.5 Å². The minimum atomic E-state index is -3.33. The number of hydrogen-bond acceptors (Lipinski definition) is 3. The summed E-state index contributed by atoms with van der Waals surface area (Å²) in [5, 5.41) is 2.84. The summed E-state index contributed by atoms with van der Waals surface area (Å²) in [6.07, 6.45) is 2.42. The highest BCUT2D eigenvalue weighted by atomic mass is 32.2. The molecule has 6 nitrogen and oxygen atoms in total. The van der Waals surface area contributed by atoms with E-state index in [1.807, 2.05) is 18.2 Å². The van der Waals surface area contributed by atoms with Gasteiger partial charge in [0.05, 0.1) is 0 Å². The molecule has 7 heteroatoms. The SMILES string of the molecule is CN(C)S(=O)(=O)NCCCCCNC(=O)c1ccccc1. The molecule has 0 aliphatic rings. The predicted molar refractivity (Wildman–Crippen MR) is 83.2 cm³/mol. The zero-order valence-electron chi connectivity index (χ0n) is 12.5. The van der Waals surface area contributed by atoms with Crippen molar-refractivity contribution in [3.05, 3.63) is 35.9 Å². The van der Waals surface area contributed by atoms with Crippen molar-refractivity contribution in [1.82, 2.24) is 14.3 Å². The van der Waals surface area contributed by atoms with Gasteiger partial charge in [-0.15, -0.1) is 0 Å². The standard InChI is InChI=1S/C14H23N3O3S/c1-17(2)21(19,20)16-12-8-4-7-11-15-14(18)13-9-5-3-6-10-13/h3,5-6,9-10,16H,4,7-8,11-12H2,1-2H3,(H,15,18). The maximum Gasteiger partial charge on any atom is 0.278 e. The number of amides is 1. The van der Waals surface area contributed by atoms with Gasteiger partial charge < -0.3 is 5.32 Å². The Bertz CT molecular complexity index is 530. The van der Waals surface area contributed by atoms with Crippen LogP contribution in [0.3, 0.4) is 0 Å². The van der Waals surface area contributed by atoms with Crippen LogP contribution in [0.15, 0.2) is 30.3 Å². The largest absolute Gasteiger partial charge is 0.352 e. The van der Waals surface area contributed by atoms with E-state index in [1.165, 1.54) is 14.1 Å². The Morgan fingerprint density at radius 1 is 1.05 bits per heavy atom. The van der Waals surface area contributed by atoms with Crippen molar-refractivity contribution in [3.8, 4) is 0 Å². The molecule has 1 aromatic rings. The molecule has 0 heterocycles. The van der Waals surface area contributed by atoms with Crippen molar-refractivity contribution in [2.45, 2.75) is 19.3 Å². The molecule has 2 N–H and O–H groups in total. The molecular weight excluding hydrogens is 290 g/mol. The smallest absolute Gasteiger partial charge is 0.278 e. The summed E-state index contributed by atoms with van der Waals surface area (Å²) < 4.78 is 26.5. The van der Waals surface area contributed by atoms with Crippen molar-refractivity contribution in [2.75, 3.05) is 27.2 Å². The molecule has 0 fully saturated rings. The van der Waals surface area contributed by atoms with Gasteiger partial charge in [-0.1, -0.05) is 24.6 Å². The minimum absolute atomic E-state index is 0.0797. The Hall–Kier alpha value is -1.44. The maximum atomic E-state index is 11.7. The van der Waals surface area contributed by atoms with Crippen LogP contribution in [0.1, 0.15) is 29.6 Å². The fraction of sp³-hybridized carbons (Fsp3) is 0.500. The molecule has 0 radical (unpaired) electrons.